The summed E-state index contributed by atoms with van der Waals surface area (Å²) in [6, 6.07) is 12.4. The molecule has 1 saturated heterocycles. The summed E-state index contributed by atoms with van der Waals surface area (Å²) >= 11 is 0. The van der Waals surface area contributed by atoms with E-state index in [-0.39, 0.29) is 11.9 Å². The van der Waals surface area contributed by atoms with Gasteiger partial charge in [-0.2, -0.15) is 0 Å². The number of morpholine rings is 1. The zero-order valence-corrected chi connectivity index (χ0v) is 17.2. The summed E-state index contributed by atoms with van der Waals surface area (Å²) in [6.07, 6.45) is 3.22. The van der Waals surface area contributed by atoms with Gasteiger partial charge >= 0.3 is 0 Å². The Labute approximate surface area is 179 Å². The lowest BCUT2D eigenvalue weighted by Gasteiger charge is -2.32. The molecule has 0 saturated carbocycles. The molecule has 8 heteroatoms. The first-order valence-electron chi connectivity index (χ1n) is 10.3. The Morgan fingerprint density at radius 3 is 2.94 bits per heavy atom. The van der Waals surface area contributed by atoms with E-state index in [0.717, 1.165) is 40.9 Å². The number of nitrogens with zero attached hydrogens (tertiary/aromatic N) is 4. The molecule has 1 fully saturated rings. The summed E-state index contributed by atoms with van der Waals surface area (Å²) in [4.78, 5) is 18.8. The molecule has 0 aliphatic carbocycles. The minimum Gasteiger partial charge on any atom is -0.369 e. The number of anilines is 2. The van der Waals surface area contributed by atoms with Crippen molar-refractivity contribution in [3.8, 4) is 0 Å². The van der Waals surface area contributed by atoms with Crippen LogP contribution in [-0.2, 0) is 11.3 Å². The van der Waals surface area contributed by atoms with E-state index in [9.17, 15) is 4.39 Å². The average molecular weight is 418 g/mol. The molecule has 0 amide bonds. The van der Waals surface area contributed by atoms with Crippen molar-refractivity contribution >= 4 is 22.7 Å². The van der Waals surface area contributed by atoms with Gasteiger partial charge in [-0.1, -0.05) is 6.07 Å². The first kappa shape index (κ1) is 19.6. The summed E-state index contributed by atoms with van der Waals surface area (Å²) in [7, 11) is 0. The molecule has 3 aromatic heterocycles. The molecule has 1 aromatic carbocycles. The number of ether oxygens (including phenoxy) is 1. The van der Waals surface area contributed by atoms with E-state index in [2.05, 4.69) is 25.2 Å². The van der Waals surface area contributed by atoms with Gasteiger partial charge in [-0.05, 0) is 48.9 Å². The van der Waals surface area contributed by atoms with Gasteiger partial charge in [0.1, 0.15) is 17.7 Å². The fraction of sp³-hybridized carbons (Fsp3) is 0.261. The van der Waals surface area contributed by atoms with Crippen molar-refractivity contribution in [2.75, 3.05) is 25.0 Å². The highest BCUT2D eigenvalue weighted by Gasteiger charge is 2.24. The number of rotatable bonds is 5. The maximum atomic E-state index is 13.8. The van der Waals surface area contributed by atoms with E-state index in [1.165, 1.54) is 6.07 Å². The normalized spacial score (nSPS) is 17.2. The third-order valence-corrected chi connectivity index (χ3v) is 5.52. The highest BCUT2D eigenvalue weighted by molar-refractivity contribution is 5.84. The molecule has 0 radical (unpaired) electrons. The van der Waals surface area contributed by atoms with Gasteiger partial charge in [-0.25, -0.2) is 19.3 Å². The quantitative estimate of drug-likeness (QED) is 0.508. The molecule has 2 N–H and O–H groups in total. The summed E-state index contributed by atoms with van der Waals surface area (Å²) in [5.74, 6) is 0.955. The number of hydrogen-bond donors (Lipinski definition) is 2. The van der Waals surface area contributed by atoms with Gasteiger partial charge in [0, 0.05) is 48.6 Å². The molecule has 1 atom stereocenters. The van der Waals surface area contributed by atoms with E-state index >= 15 is 0 Å². The zero-order valence-electron chi connectivity index (χ0n) is 17.2. The fourth-order valence-electron chi connectivity index (χ4n) is 3.99. The molecular weight excluding hydrogens is 395 g/mol. The summed E-state index contributed by atoms with van der Waals surface area (Å²) in [5.41, 5.74) is 4.00. The zero-order chi connectivity index (χ0) is 21.2. The molecule has 158 valence electrons. The van der Waals surface area contributed by atoms with E-state index in [1.807, 2.05) is 25.1 Å². The molecule has 5 rings (SSSR count). The molecule has 7 nitrogen and oxygen atoms in total. The van der Waals surface area contributed by atoms with Gasteiger partial charge in [0.15, 0.2) is 0 Å². The summed E-state index contributed by atoms with van der Waals surface area (Å²) in [6.45, 7) is 4.90. The minimum atomic E-state index is -0.219. The van der Waals surface area contributed by atoms with Crippen molar-refractivity contribution in [2.24, 2.45) is 0 Å². The van der Waals surface area contributed by atoms with Crippen molar-refractivity contribution in [1.82, 2.24) is 24.8 Å². The maximum absolute atomic E-state index is 13.8. The van der Waals surface area contributed by atoms with Crippen molar-refractivity contribution in [3.63, 3.8) is 0 Å². The van der Waals surface area contributed by atoms with Crippen molar-refractivity contribution in [1.29, 1.82) is 0 Å². The van der Waals surface area contributed by atoms with Crippen LogP contribution in [0.25, 0.3) is 10.9 Å². The predicted octanol–water partition coefficient (Wildman–Crippen LogP) is 4.12. The smallest absolute Gasteiger partial charge is 0.228 e. The van der Waals surface area contributed by atoms with Gasteiger partial charge in [0.05, 0.1) is 12.3 Å². The number of aromatic amines is 1. The second-order valence-electron chi connectivity index (χ2n) is 7.66. The van der Waals surface area contributed by atoms with E-state index in [4.69, 9.17) is 9.72 Å². The molecule has 1 aliphatic heterocycles. The van der Waals surface area contributed by atoms with Crippen LogP contribution in [0.4, 0.5) is 16.2 Å². The number of H-pyrrole nitrogens is 1. The van der Waals surface area contributed by atoms with E-state index in [1.54, 1.807) is 30.6 Å². The number of aromatic nitrogens is 4. The van der Waals surface area contributed by atoms with Crippen LogP contribution < -0.4 is 5.32 Å². The Balaban J connectivity index is 1.33. The SMILES string of the molecule is Cc1[nH]c2ccc(F)cc2c1CN1CCO[C@H](c2cccc(Nc3ncccn3)n2)C1. The lowest BCUT2D eigenvalue weighted by atomic mass is 10.1. The molecule has 0 unspecified atom stereocenters. The topological polar surface area (TPSA) is 79.0 Å². The van der Waals surface area contributed by atoms with Gasteiger partial charge in [0.25, 0.3) is 0 Å². The number of pyridine rings is 1. The van der Waals surface area contributed by atoms with Crippen LogP contribution in [0.2, 0.25) is 0 Å². The number of fused-ring (bicyclic) bond motifs is 1. The Morgan fingerprint density at radius 1 is 1.19 bits per heavy atom. The highest BCUT2D eigenvalue weighted by Crippen LogP contribution is 2.28. The highest BCUT2D eigenvalue weighted by atomic mass is 19.1. The first-order chi connectivity index (χ1) is 15.2. The molecule has 4 heterocycles. The number of hydrogen-bond acceptors (Lipinski definition) is 6. The second kappa shape index (κ2) is 8.41. The third-order valence-electron chi connectivity index (χ3n) is 5.52. The molecule has 0 spiro atoms. The number of halogens is 1. The molecule has 1 aliphatic rings. The van der Waals surface area contributed by atoms with Gasteiger partial charge in [-0.3, -0.25) is 4.90 Å². The summed E-state index contributed by atoms with van der Waals surface area (Å²) < 4.78 is 19.8. The fourth-order valence-corrected chi connectivity index (χ4v) is 3.99. The Bertz CT molecular complexity index is 1200. The van der Waals surface area contributed by atoms with E-state index in [0.29, 0.717) is 24.9 Å². The number of aryl methyl sites for hydroxylation is 1. The minimum absolute atomic E-state index is 0.144. The monoisotopic (exact) mass is 418 g/mol. The third kappa shape index (κ3) is 4.26. The maximum Gasteiger partial charge on any atom is 0.228 e. The Kier molecular flexibility index (Phi) is 5.31. The van der Waals surface area contributed by atoms with Crippen LogP contribution in [0.1, 0.15) is 23.1 Å². The lowest BCUT2D eigenvalue weighted by Crippen LogP contribution is -2.38. The predicted molar refractivity (Wildman–Crippen MR) is 117 cm³/mol. The first-order valence-corrected chi connectivity index (χ1v) is 10.3. The largest absolute Gasteiger partial charge is 0.369 e. The Morgan fingerprint density at radius 2 is 2.06 bits per heavy atom. The molecular formula is C23H23FN6O. The van der Waals surface area contributed by atoms with Crippen LogP contribution in [0.15, 0.2) is 54.9 Å². The van der Waals surface area contributed by atoms with Gasteiger partial charge < -0.3 is 15.0 Å². The van der Waals surface area contributed by atoms with Crippen molar-refractivity contribution in [3.05, 3.63) is 77.6 Å². The molecule has 0 bridgehead atoms. The standard InChI is InChI=1S/C23H23FN6O/c1-15-18(17-12-16(24)6-7-19(17)27-15)13-30-10-11-31-21(14-30)20-4-2-5-22(28-20)29-23-25-8-3-9-26-23/h2-9,12,21,27H,10-11,13-14H2,1H3,(H,25,26,28,29)/t21-/m0/s1. The van der Waals surface area contributed by atoms with Crippen LogP contribution in [0.3, 0.4) is 0 Å². The van der Waals surface area contributed by atoms with Crippen LogP contribution >= 0.6 is 0 Å². The van der Waals surface area contributed by atoms with Crippen LogP contribution in [-0.4, -0.2) is 44.5 Å². The second-order valence-corrected chi connectivity index (χ2v) is 7.66. The lowest BCUT2D eigenvalue weighted by molar-refractivity contribution is -0.0348. The van der Waals surface area contributed by atoms with Gasteiger partial charge in [0.2, 0.25) is 5.95 Å². The van der Waals surface area contributed by atoms with Crippen LogP contribution in [0, 0.1) is 12.7 Å². The van der Waals surface area contributed by atoms with Crippen LogP contribution in [0.5, 0.6) is 0 Å². The van der Waals surface area contributed by atoms with E-state index < -0.39 is 0 Å². The molecule has 4 aromatic rings. The number of benzene rings is 1. The summed E-state index contributed by atoms with van der Waals surface area (Å²) in [5, 5.41) is 4.06. The average Bonchev–Trinajstić information content (AvgIpc) is 3.09. The van der Waals surface area contributed by atoms with Gasteiger partial charge in [-0.15, -0.1) is 0 Å². The molecule has 31 heavy (non-hydrogen) atoms. The van der Waals surface area contributed by atoms with Crippen molar-refractivity contribution in [2.45, 2.75) is 19.6 Å². The number of nitrogens with one attached hydrogen (secondary N) is 2. The Hall–Kier alpha value is -3.36. The van der Waals surface area contributed by atoms with Crippen molar-refractivity contribution < 1.29 is 9.13 Å².